The molecule has 0 amide bonds. The van der Waals surface area contributed by atoms with Gasteiger partial charge in [0.1, 0.15) is 5.75 Å². The van der Waals surface area contributed by atoms with E-state index < -0.39 is 10.0 Å². The highest BCUT2D eigenvalue weighted by Crippen LogP contribution is 2.45. The lowest BCUT2D eigenvalue weighted by atomic mass is 9.89. The van der Waals surface area contributed by atoms with E-state index in [1.807, 2.05) is 12.1 Å². The number of rotatable bonds is 5. The quantitative estimate of drug-likeness (QED) is 0.742. The van der Waals surface area contributed by atoms with Crippen molar-refractivity contribution in [3.63, 3.8) is 0 Å². The second-order valence-corrected chi connectivity index (χ2v) is 10.3. The largest absolute Gasteiger partial charge is 0.497 e. The van der Waals surface area contributed by atoms with E-state index in [1.165, 1.54) is 18.4 Å². The number of fused-ring (bicyclic) bond motifs is 1. The van der Waals surface area contributed by atoms with Crippen LogP contribution in [0.25, 0.3) is 0 Å². The molecule has 0 bridgehead atoms. The minimum Gasteiger partial charge on any atom is -0.497 e. The number of hydrogen-bond acceptors (Lipinski definition) is 4. The van der Waals surface area contributed by atoms with Crippen LogP contribution in [0.4, 0.5) is 0 Å². The van der Waals surface area contributed by atoms with E-state index in [0.29, 0.717) is 36.6 Å². The fourth-order valence-electron chi connectivity index (χ4n) is 5.33. The Kier molecular flexibility index (Phi) is 6.41. The molecule has 1 aliphatic carbocycles. The second kappa shape index (κ2) is 8.27. The summed E-state index contributed by atoms with van der Waals surface area (Å²) in [6.45, 7) is 2.33. The first kappa shape index (κ1) is 20.9. The molecule has 0 aromatic heterocycles. The predicted molar refractivity (Wildman–Crippen MR) is 110 cm³/mol. The lowest BCUT2D eigenvalue weighted by molar-refractivity contribution is 0.260. The van der Waals surface area contributed by atoms with Crippen LogP contribution in [-0.4, -0.2) is 57.2 Å². The molecule has 0 unspecified atom stereocenters. The summed E-state index contributed by atoms with van der Waals surface area (Å²) < 4.78 is 32.9. The topological polar surface area (TPSA) is 49.9 Å². The van der Waals surface area contributed by atoms with Gasteiger partial charge in [-0.2, -0.15) is 0 Å². The van der Waals surface area contributed by atoms with Gasteiger partial charge in [-0.05, 0) is 55.3 Å². The Morgan fingerprint density at radius 2 is 1.74 bits per heavy atom. The molecule has 1 aromatic rings. The van der Waals surface area contributed by atoms with Crippen molar-refractivity contribution in [2.24, 2.45) is 17.8 Å². The summed E-state index contributed by atoms with van der Waals surface area (Å²) in [7, 11) is 0.710. The van der Waals surface area contributed by atoms with Gasteiger partial charge in [0.05, 0.1) is 12.9 Å². The van der Waals surface area contributed by atoms with Crippen molar-refractivity contribution in [3.8, 4) is 5.75 Å². The molecule has 3 atom stereocenters. The van der Waals surface area contributed by atoms with Crippen LogP contribution in [0.3, 0.4) is 0 Å². The van der Waals surface area contributed by atoms with Gasteiger partial charge in [0.15, 0.2) is 0 Å². The average Bonchev–Trinajstić information content (AvgIpc) is 3.31. The van der Waals surface area contributed by atoms with Crippen LogP contribution in [0.1, 0.15) is 37.3 Å². The van der Waals surface area contributed by atoms with E-state index in [0.717, 1.165) is 25.1 Å². The van der Waals surface area contributed by atoms with Gasteiger partial charge >= 0.3 is 0 Å². The maximum Gasteiger partial charge on any atom is 0.214 e. The van der Waals surface area contributed by atoms with Crippen molar-refractivity contribution >= 4 is 22.4 Å². The smallest absolute Gasteiger partial charge is 0.214 e. The van der Waals surface area contributed by atoms with E-state index in [-0.39, 0.29) is 18.4 Å². The van der Waals surface area contributed by atoms with E-state index >= 15 is 0 Å². The highest BCUT2D eigenvalue weighted by molar-refractivity contribution is 7.89. The highest BCUT2D eigenvalue weighted by Gasteiger charge is 2.49. The molecule has 0 N–H and O–H groups in total. The van der Waals surface area contributed by atoms with Crippen LogP contribution in [0.15, 0.2) is 24.3 Å². The minimum absolute atomic E-state index is 0. The first-order valence-electron chi connectivity index (χ1n) is 9.80. The number of likely N-dealkylation sites (tertiary alicyclic amines) is 1. The summed E-state index contributed by atoms with van der Waals surface area (Å²) in [6.07, 6.45) is 4.54. The number of nitrogens with zero attached hydrogens (tertiary/aromatic N) is 2. The first-order chi connectivity index (χ1) is 12.5. The lowest BCUT2D eigenvalue weighted by Crippen LogP contribution is -2.36. The molecule has 0 spiro atoms. The predicted octanol–water partition coefficient (Wildman–Crippen LogP) is 3.17. The SMILES string of the molecule is COc1ccc([C@H]2[C@@H]3CN(S(=O)(=O)CC4CCCC4)C[C@@H]3CN2C)cc1.Cl. The summed E-state index contributed by atoms with van der Waals surface area (Å²) >= 11 is 0. The van der Waals surface area contributed by atoms with Crippen molar-refractivity contribution < 1.29 is 13.2 Å². The first-order valence-corrected chi connectivity index (χ1v) is 11.4. The van der Waals surface area contributed by atoms with Crippen LogP contribution >= 0.6 is 12.4 Å². The second-order valence-electron chi connectivity index (χ2n) is 8.33. The molecular weight excluding hydrogens is 384 g/mol. The van der Waals surface area contributed by atoms with Gasteiger partial charge in [-0.1, -0.05) is 25.0 Å². The van der Waals surface area contributed by atoms with Gasteiger partial charge in [-0.3, -0.25) is 4.90 Å². The Morgan fingerprint density at radius 1 is 1.07 bits per heavy atom. The van der Waals surface area contributed by atoms with Crippen LogP contribution in [0.5, 0.6) is 5.75 Å². The maximum absolute atomic E-state index is 12.9. The monoisotopic (exact) mass is 414 g/mol. The van der Waals surface area contributed by atoms with Crippen molar-refractivity contribution in [1.29, 1.82) is 0 Å². The molecular formula is C20H31ClN2O3S. The van der Waals surface area contributed by atoms with Gasteiger partial charge in [0, 0.05) is 25.7 Å². The van der Waals surface area contributed by atoms with E-state index in [1.54, 1.807) is 11.4 Å². The van der Waals surface area contributed by atoms with E-state index in [4.69, 9.17) is 4.74 Å². The Labute approximate surface area is 169 Å². The summed E-state index contributed by atoms with van der Waals surface area (Å²) in [4.78, 5) is 2.39. The summed E-state index contributed by atoms with van der Waals surface area (Å²) in [6, 6.07) is 8.54. The molecule has 1 aromatic carbocycles. The van der Waals surface area contributed by atoms with Crippen molar-refractivity contribution in [1.82, 2.24) is 9.21 Å². The molecule has 27 heavy (non-hydrogen) atoms. The molecule has 0 radical (unpaired) electrons. The van der Waals surface area contributed by atoms with Gasteiger partial charge in [0.25, 0.3) is 0 Å². The van der Waals surface area contributed by atoms with E-state index in [9.17, 15) is 8.42 Å². The molecule has 3 aliphatic rings. The van der Waals surface area contributed by atoms with Gasteiger partial charge in [-0.15, -0.1) is 12.4 Å². The summed E-state index contributed by atoms with van der Waals surface area (Å²) in [5.74, 6) is 2.41. The van der Waals surface area contributed by atoms with Crippen LogP contribution in [0, 0.1) is 17.8 Å². The number of benzene rings is 1. The van der Waals surface area contributed by atoms with Gasteiger partial charge in [-0.25, -0.2) is 12.7 Å². The van der Waals surface area contributed by atoms with E-state index in [2.05, 4.69) is 24.1 Å². The van der Waals surface area contributed by atoms with Crippen molar-refractivity contribution in [3.05, 3.63) is 29.8 Å². The standard InChI is InChI=1S/C20H30N2O3S.ClH/c1-21-11-17-12-22(26(23,24)14-15-5-3-4-6-15)13-19(17)20(21)16-7-9-18(25-2)10-8-16;/h7-10,15,17,19-20H,3-6,11-14H2,1-2H3;1H/t17-,19+,20-;/m0./s1. The number of hydrogen-bond donors (Lipinski definition) is 0. The third kappa shape index (κ3) is 4.14. The summed E-state index contributed by atoms with van der Waals surface area (Å²) in [5.41, 5.74) is 1.26. The van der Waals surface area contributed by atoms with Gasteiger partial charge < -0.3 is 4.74 Å². The number of ether oxygens (including phenoxy) is 1. The zero-order valence-electron chi connectivity index (χ0n) is 16.2. The Balaban J connectivity index is 0.00000210. The zero-order valence-corrected chi connectivity index (χ0v) is 17.8. The minimum atomic E-state index is -3.12. The van der Waals surface area contributed by atoms with Crippen LogP contribution in [0.2, 0.25) is 0 Å². The normalized spacial score (nSPS) is 29.6. The Morgan fingerprint density at radius 3 is 2.37 bits per heavy atom. The average molecular weight is 415 g/mol. The maximum atomic E-state index is 12.9. The number of halogens is 1. The molecule has 2 heterocycles. The number of sulfonamides is 1. The van der Waals surface area contributed by atoms with Crippen molar-refractivity contribution in [2.75, 3.05) is 39.5 Å². The van der Waals surface area contributed by atoms with Crippen molar-refractivity contribution in [2.45, 2.75) is 31.7 Å². The highest BCUT2D eigenvalue weighted by atomic mass is 35.5. The molecule has 3 fully saturated rings. The van der Waals surface area contributed by atoms with Crippen LogP contribution < -0.4 is 4.74 Å². The molecule has 2 saturated heterocycles. The molecule has 1 saturated carbocycles. The zero-order chi connectivity index (χ0) is 18.3. The molecule has 4 rings (SSSR count). The molecule has 5 nitrogen and oxygen atoms in total. The van der Waals surface area contributed by atoms with Crippen LogP contribution in [-0.2, 0) is 10.0 Å². The molecule has 2 aliphatic heterocycles. The third-order valence-electron chi connectivity index (χ3n) is 6.63. The Bertz CT molecular complexity index is 734. The number of methoxy groups -OCH3 is 1. The fraction of sp³-hybridized carbons (Fsp3) is 0.700. The summed E-state index contributed by atoms with van der Waals surface area (Å²) in [5, 5.41) is 0. The third-order valence-corrected chi connectivity index (χ3v) is 8.61. The fourth-order valence-corrected chi connectivity index (χ4v) is 7.28. The Hall–Kier alpha value is -0.820. The molecule has 152 valence electrons. The molecule has 7 heteroatoms. The van der Waals surface area contributed by atoms with Gasteiger partial charge in [0.2, 0.25) is 10.0 Å². The lowest BCUT2D eigenvalue weighted by Gasteiger charge is -2.27.